The van der Waals surface area contributed by atoms with Crippen molar-refractivity contribution in [1.82, 2.24) is 0 Å². The van der Waals surface area contributed by atoms with E-state index in [9.17, 15) is 0 Å². The van der Waals surface area contributed by atoms with E-state index in [1.165, 1.54) is 55.7 Å². The van der Waals surface area contributed by atoms with Crippen molar-refractivity contribution < 1.29 is 56.9 Å². The maximum Gasteiger partial charge on any atom is -1.00 e. The molecule has 43 heavy (non-hydrogen) atoms. The van der Waals surface area contributed by atoms with Crippen LogP contribution in [0.15, 0.2) is 143 Å². The summed E-state index contributed by atoms with van der Waals surface area (Å²) in [5.41, 5.74) is 13.3. The molecule has 0 radical (unpaired) electrons. The SMILES string of the molecule is C1=C(c2ccccc2)[CH]([Zr+2][CH]2C(c3ccccc3)=Cc3c(-c4ccco4)cccc32)c2cccc(-c3ccco3)c21.[Cl-].[Cl-]. The fraction of sp³-hybridized carbons (Fsp3) is 0.0526. The van der Waals surface area contributed by atoms with E-state index in [1.54, 1.807) is 12.5 Å². The molecule has 2 aliphatic carbocycles. The molecule has 0 saturated carbocycles. The van der Waals surface area contributed by atoms with Gasteiger partial charge >= 0.3 is 253 Å². The summed E-state index contributed by atoms with van der Waals surface area (Å²) in [5, 5.41) is 0. The average Bonchev–Trinajstić information content (AvgIpc) is 3.85. The number of halogens is 2. The van der Waals surface area contributed by atoms with Crippen molar-refractivity contribution in [3.05, 3.63) is 167 Å². The number of hydrogen-bond donors (Lipinski definition) is 0. The number of furan rings is 2. The molecule has 2 aliphatic rings. The van der Waals surface area contributed by atoms with Crippen LogP contribution in [0.25, 0.3) is 45.9 Å². The molecule has 2 heterocycles. The van der Waals surface area contributed by atoms with Gasteiger partial charge in [0.05, 0.1) is 0 Å². The Hall–Kier alpha value is -3.62. The van der Waals surface area contributed by atoms with Gasteiger partial charge in [-0.3, -0.25) is 0 Å². The van der Waals surface area contributed by atoms with Crippen LogP contribution in [-0.2, 0) is 23.2 Å². The number of hydrogen-bond acceptors (Lipinski definition) is 2. The molecule has 0 bridgehead atoms. The van der Waals surface area contributed by atoms with Crippen molar-refractivity contribution in [2.45, 2.75) is 7.25 Å². The fourth-order valence-electron chi connectivity index (χ4n) is 6.38. The minimum Gasteiger partial charge on any atom is -1.00 e. The smallest absolute Gasteiger partial charge is 1.00 e. The third kappa shape index (κ3) is 5.25. The monoisotopic (exact) mass is 674 g/mol. The van der Waals surface area contributed by atoms with Gasteiger partial charge in [0.1, 0.15) is 0 Å². The average molecular weight is 677 g/mol. The minimum atomic E-state index is -1.19. The van der Waals surface area contributed by atoms with E-state index in [4.69, 9.17) is 8.83 Å². The van der Waals surface area contributed by atoms with E-state index in [1.807, 2.05) is 12.1 Å². The second-order valence-corrected chi connectivity index (χ2v) is 14.2. The normalized spacial score (nSPS) is 16.2. The van der Waals surface area contributed by atoms with Crippen LogP contribution in [-0.4, -0.2) is 0 Å². The van der Waals surface area contributed by atoms with Crippen molar-refractivity contribution in [2.75, 3.05) is 0 Å². The Balaban J connectivity index is 0.00000165. The summed E-state index contributed by atoms with van der Waals surface area (Å²) in [6, 6.07) is 43.5. The van der Waals surface area contributed by atoms with E-state index in [-0.39, 0.29) is 24.8 Å². The maximum atomic E-state index is 5.89. The number of allylic oxidation sites excluding steroid dienone is 2. The molecule has 2 aromatic heterocycles. The molecular weight excluding hydrogens is 651 g/mol. The van der Waals surface area contributed by atoms with Crippen LogP contribution >= 0.6 is 0 Å². The minimum absolute atomic E-state index is 0. The van der Waals surface area contributed by atoms with Gasteiger partial charge in [0.15, 0.2) is 0 Å². The van der Waals surface area contributed by atoms with E-state index in [0.717, 1.165) is 11.5 Å². The predicted molar refractivity (Wildman–Crippen MR) is 162 cm³/mol. The molecule has 0 N–H and O–H groups in total. The number of benzene rings is 4. The first-order chi connectivity index (χ1) is 20.3. The van der Waals surface area contributed by atoms with Gasteiger partial charge in [-0.05, 0) is 0 Å². The van der Waals surface area contributed by atoms with Gasteiger partial charge in [0.25, 0.3) is 0 Å². The molecule has 6 aromatic rings. The molecule has 0 amide bonds. The van der Waals surface area contributed by atoms with Crippen LogP contribution in [0.2, 0.25) is 0 Å². The van der Waals surface area contributed by atoms with Crippen molar-refractivity contribution in [1.29, 1.82) is 0 Å². The maximum absolute atomic E-state index is 5.89. The molecule has 2 nitrogen and oxygen atoms in total. The zero-order valence-electron chi connectivity index (χ0n) is 23.1. The standard InChI is InChI=1S/2C19H13O.2ClH.Zr/c2*1-2-6-14(7-3-1)16-12-15-8-4-9-17(18(15)13-16)19-10-5-11-20-19;;;/h2*1-13H;2*1H;/q;;;;+2/p-2. The fourth-order valence-corrected chi connectivity index (χ4v) is 11.4. The molecule has 0 spiro atoms. The zero-order chi connectivity index (χ0) is 27.2. The Morgan fingerprint density at radius 3 is 1.28 bits per heavy atom. The molecule has 0 fully saturated rings. The van der Waals surface area contributed by atoms with Crippen LogP contribution in [0.5, 0.6) is 0 Å². The van der Waals surface area contributed by atoms with Crippen LogP contribution in [0.3, 0.4) is 0 Å². The molecule has 4 aromatic carbocycles. The van der Waals surface area contributed by atoms with Crippen LogP contribution in [0.1, 0.15) is 40.6 Å². The van der Waals surface area contributed by atoms with E-state index < -0.39 is 23.2 Å². The largest absolute Gasteiger partial charge is 1.00 e. The number of rotatable bonds is 6. The Morgan fingerprint density at radius 1 is 0.442 bits per heavy atom. The van der Waals surface area contributed by atoms with Gasteiger partial charge in [-0.1, -0.05) is 0 Å². The number of fused-ring (bicyclic) bond motifs is 2. The van der Waals surface area contributed by atoms with Gasteiger partial charge in [-0.2, -0.15) is 0 Å². The van der Waals surface area contributed by atoms with Gasteiger partial charge in [0, 0.05) is 0 Å². The molecular formula is C38H26Cl2O2Zr. The second kappa shape index (κ2) is 12.5. The molecule has 0 saturated heterocycles. The summed E-state index contributed by atoms with van der Waals surface area (Å²) in [6.45, 7) is 0. The third-order valence-corrected chi connectivity index (χ3v) is 12.9. The van der Waals surface area contributed by atoms with E-state index >= 15 is 0 Å². The van der Waals surface area contributed by atoms with Crippen molar-refractivity contribution in [2.24, 2.45) is 0 Å². The first-order valence-corrected chi connectivity index (χ1v) is 16.8. The third-order valence-electron chi connectivity index (χ3n) is 8.24. The first-order valence-electron chi connectivity index (χ1n) is 14.0. The van der Waals surface area contributed by atoms with Crippen molar-refractivity contribution in [3.8, 4) is 22.6 Å². The quantitative estimate of drug-likeness (QED) is 0.265. The summed E-state index contributed by atoms with van der Waals surface area (Å²) in [5.74, 6) is 1.85. The zero-order valence-corrected chi connectivity index (χ0v) is 27.1. The van der Waals surface area contributed by atoms with Crippen LogP contribution in [0, 0.1) is 0 Å². The van der Waals surface area contributed by atoms with Gasteiger partial charge in [-0.25, -0.2) is 0 Å². The molecule has 0 aliphatic heterocycles. The first kappa shape index (κ1) is 29.5. The molecule has 208 valence electrons. The van der Waals surface area contributed by atoms with Crippen LogP contribution < -0.4 is 24.8 Å². The Kier molecular flexibility index (Phi) is 8.60. The Morgan fingerprint density at radius 2 is 0.884 bits per heavy atom. The molecule has 2 atom stereocenters. The molecule has 2 unspecified atom stereocenters. The van der Waals surface area contributed by atoms with Gasteiger partial charge in [0.2, 0.25) is 0 Å². The van der Waals surface area contributed by atoms with Gasteiger partial charge < -0.3 is 24.8 Å². The van der Waals surface area contributed by atoms with Crippen molar-refractivity contribution in [3.63, 3.8) is 0 Å². The topological polar surface area (TPSA) is 26.3 Å². The summed E-state index contributed by atoms with van der Waals surface area (Å²) < 4.78 is 12.6. The summed E-state index contributed by atoms with van der Waals surface area (Å²) >= 11 is -1.19. The Labute approximate surface area is 275 Å². The molecule has 5 heteroatoms. The Bertz CT molecular complexity index is 1770. The summed E-state index contributed by atoms with van der Waals surface area (Å²) in [7, 11) is 0. The van der Waals surface area contributed by atoms with Crippen molar-refractivity contribution >= 4 is 23.3 Å². The summed E-state index contributed by atoms with van der Waals surface area (Å²) in [4.78, 5) is 0. The predicted octanol–water partition coefficient (Wildman–Crippen LogP) is 4.19. The summed E-state index contributed by atoms with van der Waals surface area (Å²) in [6.07, 6.45) is 8.41. The van der Waals surface area contributed by atoms with E-state index in [2.05, 4.69) is 121 Å². The van der Waals surface area contributed by atoms with Gasteiger partial charge in [-0.15, -0.1) is 0 Å². The van der Waals surface area contributed by atoms with E-state index in [0.29, 0.717) is 7.25 Å². The second-order valence-electron chi connectivity index (χ2n) is 10.5. The molecule has 8 rings (SSSR count). The van der Waals surface area contributed by atoms with Crippen LogP contribution in [0.4, 0.5) is 0 Å².